The lowest BCUT2D eigenvalue weighted by atomic mass is 10.1. The van der Waals surface area contributed by atoms with Gasteiger partial charge in [-0.05, 0) is 55.3 Å². The zero-order valence-corrected chi connectivity index (χ0v) is 17.6. The lowest BCUT2D eigenvalue weighted by molar-refractivity contribution is 0.0600. The summed E-state index contributed by atoms with van der Waals surface area (Å²) < 4.78 is 16.6. The van der Waals surface area contributed by atoms with Gasteiger partial charge in [0.05, 0.1) is 18.2 Å². The molecule has 1 aliphatic rings. The molecule has 5 nitrogen and oxygen atoms in total. The van der Waals surface area contributed by atoms with E-state index in [2.05, 4.69) is 0 Å². The van der Waals surface area contributed by atoms with Crippen molar-refractivity contribution in [1.29, 1.82) is 0 Å². The van der Waals surface area contributed by atoms with E-state index in [0.29, 0.717) is 29.2 Å². The molecule has 0 saturated carbocycles. The number of allylic oxidation sites excluding steroid dienone is 1. The molecule has 0 saturated heterocycles. The third-order valence-electron chi connectivity index (χ3n) is 5.18. The minimum atomic E-state index is -0.409. The summed E-state index contributed by atoms with van der Waals surface area (Å²) >= 11 is 0. The number of carbonyl (C=O) groups is 2. The second-order valence-electron chi connectivity index (χ2n) is 7.39. The number of rotatable bonds is 5. The van der Waals surface area contributed by atoms with Gasteiger partial charge in [-0.25, -0.2) is 4.79 Å². The highest BCUT2D eigenvalue weighted by molar-refractivity contribution is 6.15. The molecule has 0 aliphatic carbocycles. The van der Waals surface area contributed by atoms with E-state index in [1.165, 1.54) is 12.7 Å². The normalized spacial score (nSPS) is 13.6. The molecule has 4 rings (SSSR count). The summed E-state index contributed by atoms with van der Waals surface area (Å²) in [5.41, 5.74) is 4.75. The van der Waals surface area contributed by atoms with Crippen LogP contribution in [-0.2, 0) is 11.3 Å². The number of ketones is 1. The number of hydrogen-bond donors (Lipinski definition) is 0. The molecule has 0 fully saturated rings. The Morgan fingerprint density at radius 3 is 2.35 bits per heavy atom. The Balaban J connectivity index is 1.53. The third-order valence-corrected chi connectivity index (χ3v) is 5.18. The van der Waals surface area contributed by atoms with E-state index in [1.807, 2.05) is 38.1 Å². The van der Waals surface area contributed by atoms with Crippen LogP contribution in [-0.4, -0.2) is 18.9 Å². The molecule has 0 unspecified atom stereocenters. The molecule has 0 N–H and O–H groups in total. The van der Waals surface area contributed by atoms with Crippen LogP contribution in [0.25, 0.3) is 6.08 Å². The van der Waals surface area contributed by atoms with E-state index in [9.17, 15) is 9.59 Å². The van der Waals surface area contributed by atoms with Gasteiger partial charge in [0.15, 0.2) is 5.76 Å². The Morgan fingerprint density at radius 2 is 1.68 bits per heavy atom. The van der Waals surface area contributed by atoms with Crippen molar-refractivity contribution in [2.45, 2.75) is 20.5 Å². The number of Topliss-reactive ketones (excluding diaryl/α,β-unsaturated/α-hetero) is 1. The van der Waals surface area contributed by atoms with Crippen molar-refractivity contribution in [3.05, 3.63) is 99.8 Å². The average molecular weight is 414 g/mol. The SMILES string of the molecule is COC(=O)c1ccc(/C=C2\Oc3c(ccc(OCc4ccc(C)cc4)c3C)C2=O)cc1. The smallest absolute Gasteiger partial charge is 0.337 e. The molecule has 5 heteroatoms. The maximum absolute atomic E-state index is 12.8. The number of methoxy groups -OCH3 is 1. The number of ether oxygens (including phenoxy) is 3. The van der Waals surface area contributed by atoms with Crippen molar-refractivity contribution in [2.75, 3.05) is 7.11 Å². The van der Waals surface area contributed by atoms with E-state index in [4.69, 9.17) is 14.2 Å². The number of aryl methyl sites for hydroxylation is 1. The molecular formula is C26H22O5. The quantitative estimate of drug-likeness (QED) is 0.420. The Kier molecular flexibility index (Phi) is 5.58. The number of esters is 1. The van der Waals surface area contributed by atoms with Gasteiger partial charge in [0.25, 0.3) is 0 Å². The van der Waals surface area contributed by atoms with Crippen LogP contribution in [0.5, 0.6) is 11.5 Å². The van der Waals surface area contributed by atoms with Gasteiger partial charge in [0.2, 0.25) is 5.78 Å². The van der Waals surface area contributed by atoms with Gasteiger partial charge < -0.3 is 14.2 Å². The maximum atomic E-state index is 12.8. The number of fused-ring (bicyclic) bond motifs is 1. The zero-order valence-electron chi connectivity index (χ0n) is 17.6. The molecule has 0 amide bonds. The van der Waals surface area contributed by atoms with Gasteiger partial charge in [-0.3, -0.25) is 4.79 Å². The summed E-state index contributed by atoms with van der Waals surface area (Å²) in [5, 5.41) is 0. The Labute approximate surface area is 180 Å². The van der Waals surface area contributed by atoms with Crippen LogP contribution >= 0.6 is 0 Å². The molecular weight excluding hydrogens is 392 g/mol. The standard InChI is InChI=1S/C26H22O5/c1-16-4-6-19(7-5-16)15-30-22-13-12-21-24(27)23(31-25(21)17(22)2)14-18-8-10-20(11-9-18)26(28)29-3/h4-14H,15H2,1-3H3/b23-14-. The Hall–Kier alpha value is -3.86. The monoisotopic (exact) mass is 414 g/mol. The summed E-state index contributed by atoms with van der Waals surface area (Å²) in [7, 11) is 1.33. The highest BCUT2D eigenvalue weighted by atomic mass is 16.5. The van der Waals surface area contributed by atoms with Crippen LogP contribution in [0.4, 0.5) is 0 Å². The summed E-state index contributed by atoms with van der Waals surface area (Å²) in [6, 6.07) is 18.5. The predicted molar refractivity (Wildman–Crippen MR) is 117 cm³/mol. The maximum Gasteiger partial charge on any atom is 0.337 e. The molecule has 0 radical (unpaired) electrons. The molecule has 156 valence electrons. The number of carbonyl (C=O) groups excluding carboxylic acids is 2. The molecule has 0 spiro atoms. The van der Waals surface area contributed by atoms with Gasteiger partial charge >= 0.3 is 5.97 Å². The van der Waals surface area contributed by atoms with E-state index < -0.39 is 5.97 Å². The molecule has 0 atom stereocenters. The molecule has 0 aromatic heterocycles. The van der Waals surface area contributed by atoms with Crippen LogP contribution in [0.2, 0.25) is 0 Å². The fraction of sp³-hybridized carbons (Fsp3) is 0.154. The number of benzene rings is 3. The first-order chi connectivity index (χ1) is 15.0. The van der Waals surface area contributed by atoms with Gasteiger partial charge in [0.1, 0.15) is 18.1 Å². The summed E-state index contributed by atoms with van der Waals surface area (Å²) in [5.74, 6) is 0.841. The van der Waals surface area contributed by atoms with Crippen molar-refractivity contribution < 1.29 is 23.8 Å². The molecule has 31 heavy (non-hydrogen) atoms. The van der Waals surface area contributed by atoms with Crippen LogP contribution in [0.3, 0.4) is 0 Å². The first-order valence-corrected chi connectivity index (χ1v) is 9.91. The van der Waals surface area contributed by atoms with Crippen molar-refractivity contribution in [3.63, 3.8) is 0 Å². The van der Waals surface area contributed by atoms with Crippen molar-refractivity contribution >= 4 is 17.8 Å². The fourth-order valence-electron chi connectivity index (χ4n) is 3.35. The fourth-order valence-corrected chi connectivity index (χ4v) is 3.35. The average Bonchev–Trinajstić information content (AvgIpc) is 3.10. The minimum absolute atomic E-state index is 0.180. The van der Waals surface area contributed by atoms with Crippen molar-refractivity contribution in [2.24, 2.45) is 0 Å². The van der Waals surface area contributed by atoms with E-state index >= 15 is 0 Å². The first kappa shape index (κ1) is 20.4. The van der Waals surface area contributed by atoms with Crippen LogP contribution in [0.15, 0.2) is 66.4 Å². The van der Waals surface area contributed by atoms with Gasteiger partial charge in [-0.2, -0.15) is 0 Å². The summed E-state index contributed by atoms with van der Waals surface area (Å²) in [4.78, 5) is 24.4. The predicted octanol–water partition coefficient (Wildman–Crippen LogP) is 5.29. The van der Waals surface area contributed by atoms with Crippen molar-refractivity contribution in [3.8, 4) is 11.5 Å². The summed E-state index contributed by atoms with van der Waals surface area (Å²) in [6.07, 6.45) is 1.66. The topological polar surface area (TPSA) is 61.8 Å². The van der Waals surface area contributed by atoms with E-state index in [0.717, 1.165) is 16.7 Å². The lowest BCUT2D eigenvalue weighted by Gasteiger charge is -2.11. The summed E-state index contributed by atoms with van der Waals surface area (Å²) in [6.45, 7) is 4.36. The van der Waals surface area contributed by atoms with Crippen LogP contribution < -0.4 is 9.47 Å². The molecule has 3 aromatic carbocycles. The largest absolute Gasteiger partial charge is 0.488 e. The van der Waals surface area contributed by atoms with E-state index in [1.54, 1.807) is 42.5 Å². The highest BCUT2D eigenvalue weighted by Gasteiger charge is 2.30. The molecule has 1 heterocycles. The third kappa shape index (κ3) is 4.21. The van der Waals surface area contributed by atoms with Crippen LogP contribution in [0, 0.1) is 13.8 Å². The Bertz CT molecular complexity index is 1170. The molecule has 0 bridgehead atoms. The van der Waals surface area contributed by atoms with Gasteiger partial charge in [0, 0.05) is 5.56 Å². The zero-order chi connectivity index (χ0) is 22.0. The molecule has 3 aromatic rings. The number of hydrogen-bond acceptors (Lipinski definition) is 5. The van der Waals surface area contributed by atoms with E-state index in [-0.39, 0.29) is 11.5 Å². The first-order valence-electron chi connectivity index (χ1n) is 9.91. The van der Waals surface area contributed by atoms with Crippen molar-refractivity contribution in [1.82, 2.24) is 0 Å². The second kappa shape index (κ2) is 8.48. The van der Waals surface area contributed by atoms with Crippen LogP contribution in [0.1, 0.15) is 43.0 Å². The van der Waals surface area contributed by atoms with Gasteiger partial charge in [-0.15, -0.1) is 0 Å². The second-order valence-corrected chi connectivity index (χ2v) is 7.39. The minimum Gasteiger partial charge on any atom is -0.488 e. The lowest BCUT2D eigenvalue weighted by Crippen LogP contribution is -2.01. The molecule has 1 aliphatic heterocycles. The van der Waals surface area contributed by atoms with Gasteiger partial charge in [-0.1, -0.05) is 42.0 Å². The highest BCUT2D eigenvalue weighted by Crippen LogP contribution is 2.39. The Morgan fingerprint density at radius 1 is 0.968 bits per heavy atom.